The Hall–Kier alpha value is -3.36. The summed E-state index contributed by atoms with van der Waals surface area (Å²) in [6.45, 7) is 1.61. The molecule has 2 aromatic rings. The van der Waals surface area contributed by atoms with E-state index in [1.807, 2.05) is 0 Å². The first kappa shape index (κ1) is 23.3. The fourth-order valence-electron chi connectivity index (χ4n) is 3.19. The molecule has 2 aromatic carbocycles. The summed E-state index contributed by atoms with van der Waals surface area (Å²) >= 11 is 12.0. The molecule has 166 valence electrons. The van der Waals surface area contributed by atoms with Gasteiger partial charge in [-0.2, -0.15) is 0 Å². The molecule has 8 nitrogen and oxygen atoms in total. The number of nitrogens with one attached hydrogen (secondary N) is 1. The minimum absolute atomic E-state index is 0.0516. The summed E-state index contributed by atoms with van der Waals surface area (Å²) in [6.07, 6.45) is 2.32. The summed E-state index contributed by atoms with van der Waals surface area (Å²) < 4.78 is 5.15. The van der Waals surface area contributed by atoms with Crippen molar-refractivity contribution in [1.82, 2.24) is 10.4 Å². The first-order valence-corrected chi connectivity index (χ1v) is 10.2. The molecule has 1 saturated heterocycles. The monoisotopic (exact) mass is 475 g/mol. The molecule has 0 aliphatic carbocycles. The van der Waals surface area contributed by atoms with Crippen molar-refractivity contribution < 1.29 is 23.9 Å². The van der Waals surface area contributed by atoms with Gasteiger partial charge in [-0.3, -0.25) is 24.6 Å². The molecule has 4 amide bonds. The van der Waals surface area contributed by atoms with E-state index in [0.29, 0.717) is 16.5 Å². The highest BCUT2D eigenvalue weighted by Gasteiger charge is 2.45. The molecule has 1 aliphatic rings. The van der Waals surface area contributed by atoms with Crippen molar-refractivity contribution in [2.24, 2.45) is 0 Å². The zero-order valence-electron chi connectivity index (χ0n) is 17.2. The number of ether oxygens (including phenoxy) is 1. The van der Waals surface area contributed by atoms with E-state index < -0.39 is 29.7 Å². The minimum atomic E-state index is -1.24. The molecule has 32 heavy (non-hydrogen) atoms. The van der Waals surface area contributed by atoms with Crippen LogP contribution in [0.4, 0.5) is 5.69 Å². The average Bonchev–Trinajstić information content (AvgIpc) is 3.05. The van der Waals surface area contributed by atoms with Gasteiger partial charge in [0.1, 0.15) is 11.8 Å². The number of carbonyl (C=O) groups is 4. The number of hydrogen-bond acceptors (Lipinski definition) is 5. The predicted molar refractivity (Wildman–Crippen MR) is 119 cm³/mol. The molecule has 0 bridgehead atoms. The van der Waals surface area contributed by atoms with Gasteiger partial charge in [0.15, 0.2) is 0 Å². The number of nitrogens with zero attached hydrogens (tertiary/aromatic N) is 2. The van der Waals surface area contributed by atoms with Gasteiger partial charge in [0, 0.05) is 17.2 Å². The maximum Gasteiger partial charge on any atom is 0.271 e. The highest BCUT2D eigenvalue weighted by molar-refractivity contribution is 6.36. The number of anilines is 1. The first-order chi connectivity index (χ1) is 15.3. The standard InChI is InChI=1S/C22H19Cl2N3O5/c1-3-5-19(28)27(25-21(30)16-9-8-13(23)10-17(16)24)18-12-20(29)26(22(18)31)14-6-4-7-15(11-14)32-2/h3-11,18H,12H2,1-2H3,(H,25,30). The Bertz CT molecular complexity index is 1120. The maximum absolute atomic E-state index is 13.1. The molecule has 0 aromatic heterocycles. The topological polar surface area (TPSA) is 96.0 Å². The average molecular weight is 476 g/mol. The molecule has 1 fully saturated rings. The molecular formula is C22H19Cl2N3O5. The number of allylic oxidation sites excluding steroid dienone is 1. The number of carbonyl (C=O) groups excluding carboxylic acids is 4. The van der Waals surface area contributed by atoms with Gasteiger partial charge in [0.2, 0.25) is 5.91 Å². The van der Waals surface area contributed by atoms with Crippen LogP contribution in [0.3, 0.4) is 0 Å². The first-order valence-electron chi connectivity index (χ1n) is 9.49. The van der Waals surface area contributed by atoms with Crippen LogP contribution >= 0.6 is 23.2 Å². The molecule has 3 rings (SSSR count). The van der Waals surface area contributed by atoms with Crippen molar-refractivity contribution in [3.63, 3.8) is 0 Å². The Morgan fingerprint density at radius 2 is 1.94 bits per heavy atom. The zero-order chi connectivity index (χ0) is 23.4. The van der Waals surface area contributed by atoms with Crippen molar-refractivity contribution in [2.45, 2.75) is 19.4 Å². The molecule has 0 saturated carbocycles. The highest BCUT2D eigenvalue weighted by Crippen LogP contribution is 2.28. The van der Waals surface area contributed by atoms with Crippen molar-refractivity contribution in [3.05, 3.63) is 70.2 Å². The van der Waals surface area contributed by atoms with Gasteiger partial charge in [0.25, 0.3) is 17.7 Å². The second-order valence-corrected chi connectivity index (χ2v) is 7.61. The van der Waals surface area contributed by atoms with Gasteiger partial charge in [0.05, 0.1) is 29.8 Å². The summed E-state index contributed by atoms with van der Waals surface area (Å²) in [5.74, 6) is -2.14. The van der Waals surface area contributed by atoms with Gasteiger partial charge in [-0.05, 0) is 37.3 Å². The van der Waals surface area contributed by atoms with Gasteiger partial charge in [-0.25, -0.2) is 9.91 Å². The lowest BCUT2D eigenvalue weighted by molar-refractivity contribution is -0.137. The minimum Gasteiger partial charge on any atom is -0.497 e. The third-order valence-corrected chi connectivity index (χ3v) is 5.24. The second-order valence-electron chi connectivity index (χ2n) is 6.76. The van der Waals surface area contributed by atoms with Gasteiger partial charge < -0.3 is 4.74 Å². The lowest BCUT2D eigenvalue weighted by Crippen LogP contribution is -2.54. The third kappa shape index (κ3) is 4.76. The number of benzene rings is 2. The number of hydrazine groups is 1. The number of rotatable bonds is 5. The summed E-state index contributed by atoms with van der Waals surface area (Å²) in [5, 5.41) is 1.24. The van der Waals surface area contributed by atoms with E-state index in [0.717, 1.165) is 9.91 Å². The van der Waals surface area contributed by atoms with Gasteiger partial charge in [-0.1, -0.05) is 35.3 Å². The number of imide groups is 1. The quantitative estimate of drug-likeness (QED) is 0.406. The van der Waals surface area contributed by atoms with E-state index in [-0.39, 0.29) is 17.0 Å². The third-order valence-electron chi connectivity index (χ3n) is 4.69. The Morgan fingerprint density at radius 3 is 2.59 bits per heavy atom. The summed E-state index contributed by atoms with van der Waals surface area (Å²) in [4.78, 5) is 52.3. The smallest absolute Gasteiger partial charge is 0.271 e. The van der Waals surface area contributed by atoms with E-state index in [4.69, 9.17) is 27.9 Å². The molecular weight excluding hydrogens is 457 g/mol. The van der Waals surface area contributed by atoms with Crippen LogP contribution in [0.15, 0.2) is 54.6 Å². The SMILES string of the molecule is CC=CC(=O)N(NC(=O)c1ccc(Cl)cc1Cl)C1CC(=O)N(c2cccc(OC)c2)C1=O. The molecule has 10 heteroatoms. The largest absolute Gasteiger partial charge is 0.497 e. The maximum atomic E-state index is 13.1. The number of methoxy groups -OCH3 is 1. The van der Waals surface area contributed by atoms with Crippen LogP contribution in [0.5, 0.6) is 5.75 Å². The predicted octanol–water partition coefficient (Wildman–Crippen LogP) is 3.38. The van der Waals surface area contributed by atoms with Crippen LogP contribution in [0.25, 0.3) is 0 Å². The van der Waals surface area contributed by atoms with Gasteiger partial charge in [-0.15, -0.1) is 0 Å². The van der Waals surface area contributed by atoms with E-state index in [1.165, 1.54) is 43.5 Å². The summed E-state index contributed by atoms with van der Waals surface area (Å²) in [5.41, 5.74) is 2.76. The number of hydrogen-bond donors (Lipinski definition) is 1. The van der Waals surface area contributed by atoms with Crippen LogP contribution in [0.2, 0.25) is 10.0 Å². The van der Waals surface area contributed by atoms with E-state index in [9.17, 15) is 19.2 Å². The van der Waals surface area contributed by atoms with Crippen LogP contribution in [-0.4, -0.2) is 41.8 Å². The second kappa shape index (κ2) is 9.84. The fraction of sp³-hybridized carbons (Fsp3) is 0.182. The van der Waals surface area contributed by atoms with Crippen LogP contribution in [0.1, 0.15) is 23.7 Å². The Morgan fingerprint density at radius 1 is 1.19 bits per heavy atom. The summed E-state index contributed by atoms with van der Waals surface area (Å²) in [7, 11) is 1.46. The lowest BCUT2D eigenvalue weighted by atomic mass is 10.2. The Kier molecular flexibility index (Phi) is 7.17. The fourth-order valence-corrected chi connectivity index (χ4v) is 3.69. The zero-order valence-corrected chi connectivity index (χ0v) is 18.7. The van der Waals surface area contributed by atoms with Crippen molar-refractivity contribution in [1.29, 1.82) is 0 Å². The van der Waals surface area contributed by atoms with Crippen molar-refractivity contribution in [2.75, 3.05) is 12.0 Å². The number of halogens is 2. The van der Waals surface area contributed by atoms with Gasteiger partial charge >= 0.3 is 0 Å². The summed E-state index contributed by atoms with van der Waals surface area (Å²) in [6, 6.07) is 9.40. The lowest BCUT2D eigenvalue weighted by Gasteiger charge is -2.27. The van der Waals surface area contributed by atoms with E-state index in [1.54, 1.807) is 25.1 Å². The van der Waals surface area contributed by atoms with Crippen LogP contribution in [0, 0.1) is 0 Å². The molecule has 0 radical (unpaired) electrons. The van der Waals surface area contributed by atoms with Crippen molar-refractivity contribution >= 4 is 52.5 Å². The number of amides is 4. The molecule has 1 N–H and O–H groups in total. The van der Waals surface area contributed by atoms with E-state index >= 15 is 0 Å². The van der Waals surface area contributed by atoms with Crippen molar-refractivity contribution in [3.8, 4) is 5.75 Å². The van der Waals surface area contributed by atoms with E-state index in [2.05, 4.69) is 5.43 Å². The molecule has 1 atom stereocenters. The van der Waals surface area contributed by atoms with Crippen LogP contribution in [-0.2, 0) is 14.4 Å². The van der Waals surface area contributed by atoms with Crippen LogP contribution < -0.4 is 15.1 Å². The molecule has 1 unspecified atom stereocenters. The normalized spacial score (nSPS) is 15.9. The highest BCUT2D eigenvalue weighted by atomic mass is 35.5. The Labute approximate surface area is 194 Å². The molecule has 0 spiro atoms. The Balaban J connectivity index is 1.92. The molecule has 1 heterocycles. The molecule has 1 aliphatic heterocycles.